The Kier molecular flexibility index (Phi) is 6.22. The van der Waals surface area contributed by atoms with Crippen molar-refractivity contribution in [1.82, 2.24) is 15.3 Å². The molecule has 122 valence electrons. The molecule has 6 nitrogen and oxygen atoms in total. The highest BCUT2D eigenvalue weighted by molar-refractivity contribution is 7.99. The third-order valence-corrected chi connectivity index (χ3v) is 3.95. The smallest absolute Gasteiger partial charge is 0.356 e. The van der Waals surface area contributed by atoms with E-state index in [4.69, 9.17) is 4.74 Å². The minimum Gasteiger partial charge on any atom is -0.461 e. The molecule has 1 amide bonds. The maximum absolute atomic E-state index is 12.0. The van der Waals surface area contributed by atoms with Crippen LogP contribution in [0, 0.1) is 0 Å². The summed E-state index contributed by atoms with van der Waals surface area (Å²) in [6.45, 7) is 3.98. The van der Waals surface area contributed by atoms with Crippen molar-refractivity contribution in [3.8, 4) is 0 Å². The van der Waals surface area contributed by atoms with Crippen LogP contribution in [0.5, 0.6) is 0 Å². The molecule has 1 heterocycles. The zero-order valence-corrected chi connectivity index (χ0v) is 13.9. The molecule has 0 aliphatic carbocycles. The number of hydrogen-bond donors (Lipinski definition) is 2. The second kappa shape index (κ2) is 8.38. The van der Waals surface area contributed by atoms with Crippen LogP contribution < -0.4 is 5.32 Å². The van der Waals surface area contributed by atoms with Crippen molar-refractivity contribution >= 4 is 23.6 Å². The molecule has 1 atom stereocenters. The van der Waals surface area contributed by atoms with Gasteiger partial charge in [0, 0.05) is 0 Å². The Morgan fingerprint density at radius 2 is 2.09 bits per heavy atom. The van der Waals surface area contributed by atoms with Crippen molar-refractivity contribution in [3.63, 3.8) is 0 Å². The summed E-state index contributed by atoms with van der Waals surface area (Å²) >= 11 is 1.24. The lowest BCUT2D eigenvalue weighted by Gasteiger charge is -2.13. The quantitative estimate of drug-likeness (QED) is 0.601. The predicted octanol–water partition coefficient (Wildman–Crippen LogP) is 2.56. The van der Waals surface area contributed by atoms with Gasteiger partial charge in [-0.05, 0) is 19.4 Å². The fourth-order valence-corrected chi connectivity index (χ4v) is 2.59. The van der Waals surface area contributed by atoms with Gasteiger partial charge in [-0.25, -0.2) is 9.78 Å². The number of esters is 1. The standard InChI is InChI=1S/C16H19N3O3S/c1-3-22-15(21)13-9-17-16(19-13)23-10-14(20)18-11(2)12-7-5-4-6-8-12/h4-9,11H,3,10H2,1-2H3,(H,17,19)(H,18,20). The molecule has 0 radical (unpaired) electrons. The molecule has 2 rings (SSSR count). The number of carbonyl (C=O) groups is 2. The molecule has 2 aromatic rings. The Morgan fingerprint density at radius 1 is 1.35 bits per heavy atom. The minimum atomic E-state index is -0.450. The average Bonchev–Trinajstić information content (AvgIpc) is 3.03. The third-order valence-electron chi connectivity index (χ3n) is 3.06. The van der Waals surface area contributed by atoms with Gasteiger partial charge < -0.3 is 15.0 Å². The molecular formula is C16H19N3O3S. The summed E-state index contributed by atoms with van der Waals surface area (Å²) in [5, 5.41) is 3.43. The SMILES string of the molecule is CCOC(=O)c1cnc(SCC(=O)NC(C)c2ccccc2)[nH]1. The van der Waals surface area contributed by atoms with Gasteiger partial charge in [-0.3, -0.25) is 4.79 Å². The van der Waals surface area contributed by atoms with E-state index in [-0.39, 0.29) is 23.4 Å². The van der Waals surface area contributed by atoms with E-state index in [0.717, 1.165) is 5.56 Å². The van der Waals surface area contributed by atoms with Crippen molar-refractivity contribution in [2.45, 2.75) is 25.0 Å². The zero-order valence-electron chi connectivity index (χ0n) is 13.0. The summed E-state index contributed by atoms with van der Waals surface area (Å²) in [7, 11) is 0. The lowest BCUT2D eigenvalue weighted by atomic mass is 10.1. The number of nitrogens with zero attached hydrogens (tertiary/aromatic N) is 1. The topological polar surface area (TPSA) is 84.1 Å². The first-order chi connectivity index (χ1) is 11.1. The molecule has 0 fully saturated rings. The summed E-state index contributed by atoms with van der Waals surface area (Å²) in [5.41, 5.74) is 1.33. The highest BCUT2D eigenvalue weighted by Crippen LogP contribution is 2.15. The van der Waals surface area contributed by atoms with E-state index in [2.05, 4.69) is 15.3 Å². The van der Waals surface area contributed by atoms with Gasteiger partial charge in [0.05, 0.1) is 24.6 Å². The van der Waals surface area contributed by atoms with Crippen LogP contribution in [0.25, 0.3) is 0 Å². The Labute approximate surface area is 139 Å². The normalized spacial score (nSPS) is 11.7. The second-order valence-electron chi connectivity index (χ2n) is 4.81. The second-order valence-corrected chi connectivity index (χ2v) is 5.78. The molecule has 2 N–H and O–H groups in total. The van der Waals surface area contributed by atoms with Gasteiger partial charge in [-0.1, -0.05) is 42.1 Å². The van der Waals surface area contributed by atoms with Crippen LogP contribution in [-0.2, 0) is 9.53 Å². The fraction of sp³-hybridized carbons (Fsp3) is 0.312. The maximum atomic E-state index is 12.0. The largest absolute Gasteiger partial charge is 0.461 e. The van der Waals surface area contributed by atoms with E-state index in [0.29, 0.717) is 11.8 Å². The molecule has 23 heavy (non-hydrogen) atoms. The summed E-state index contributed by atoms with van der Waals surface area (Å²) < 4.78 is 4.87. The van der Waals surface area contributed by atoms with E-state index in [9.17, 15) is 9.59 Å². The van der Waals surface area contributed by atoms with Crippen molar-refractivity contribution in [1.29, 1.82) is 0 Å². The van der Waals surface area contributed by atoms with Crippen LogP contribution in [0.2, 0.25) is 0 Å². The number of benzene rings is 1. The van der Waals surface area contributed by atoms with E-state index >= 15 is 0 Å². The predicted molar refractivity (Wildman–Crippen MR) is 88.3 cm³/mol. The van der Waals surface area contributed by atoms with Gasteiger partial charge in [0.2, 0.25) is 5.91 Å². The van der Waals surface area contributed by atoms with Gasteiger partial charge in [-0.15, -0.1) is 0 Å². The number of amides is 1. The molecule has 1 unspecified atom stereocenters. The van der Waals surface area contributed by atoms with Crippen molar-refractivity contribution in [2.75, 3.05) is 12.4 Å². The number of carbonyl (C=O) groups excluding carboxylic acids is 2. The summed E-state index contributed by atoms with van der Waals surface area (Å²) in [6.07, 6.45) is 1.41. The van der Waals surface area contributed by atoms with Gasteiger partial charge in [0.1, 0.15) is 5.69 Å². The Balaban J connectivity index is 1.81. The first kappa shape index (κ1) is 17.1. The van der Waals surface area contributed by atoms with Gasteiger partial charge >= 0.3 is 5.97 Å². The first-order valence-electron chi connectivity index (χ1n) is 7.29. The molecule has 1 aromatic heterocycles. The van der Waals surface area contributed by atoms with Crippen LogP contribution in [0.3, 0.4) is 0 Å². The monoisotopic (exact) mass is 333 g/mol. The average molecular weight is 333 g/mol. The molecule has 0 aliphatic heterocycles. The van der Waals surface area contributed by atoms with E-state index in [1.54, 1.807) is 6.92 Å². The molecule has 0 bridgehead atoms. The molecule has 0 aliphatic rings. The van der Waals surface area contributed by atoms with Crippen LogP contribution in [0.4, 0.5) is 0 Å². The molecule has 0 spiro atoms. The van der Waals surface area contributed by atoms with Crippen LogP contribution >= 0.6 is 11.8 Å². The van der Waals surface area contributed by atoms with E-state index in [1.807, 2.05) is 37.3 Å². The van der Waals surface area contributed by atoms with Gasteiger partial charge in [-0.2, -0.15) is 0 Å². The summed E-state index contributed by atoms with van der Waals surface area (Å²) in [4.78, 5) is 30.4. The lowest BCUT2D eigenvalue weighted by Crippen LogP contribution is -2.28. The number of ether oxygens (including phenoxy) is 1. The molecule has 1 aromatic carbocycles. The summed E-state index contributed by atoms with van der Waals surface area (Å²) in [5.74, 6) is -0.332. The minimum absolute atomic E-state index is 0.0593. The molecule has 0 saturated heterocycles. The van der Waals surface area contributed by atoms with Crippen LogP contribution in [0.15, 0.2) is 41.7 Å². The Morgan fingerprint density at radius 3 is 2.78 bits per heavy atom. The number of thioether (sulfide) groups is 1. The number of aromatic nitrogens is 2. The van der Waals surface area contributed by atoms with E-state index in [1.165, 1.54) is 18.0 Å². The molecular weight excluding hydrogens is 314 g/mol. The number of aromatic amines is 1. The number of nitrogens with one attached hydrogen (secondary N) is 2. The van der Waals surface area contributed by atoms with Crippen molar-refractivity contribution in [2.24, 2.45) is 0 Å². The Bertz CT molecular complexity index is 658. The van der Waals surface area contributed by atoms with Gasteiger partial charge in [0.15, 0.2) is 5.16 Å². The van der Waals surface area contributed by atoms with Crippen molar-refractivity contribution < 1.29 is 14.3 Å². The maximum Gasteiger partial charge on any atom is 0.356 e. The zero-order chi connectivity index (χ0) is 16.7. The lowest BCUT2D eigenvalue weighted by molar-refractivity contribution is -0.119. The van der Waals surface area contributed by atoms with Gasteiger partial charge in [0.25, 0.3) is 0 Å². The fourth-order valence-electron chi connectivity index (χ4n) is 1.93. The third kappa shape index (κ3) is 5.14. The number of hydrogen-bond acceptors (Lipinski definition) is 5. The summed E-state index contributed by atoms with van der Waals surface area (Å²) in [6, 6.07) is 9.69. The molecule has 0 saturated carbocycles. The molecule has 7 heteroatoms. The number of imidazole rings is 1. The Hall–Kier alpha value is -2.28. The number of rotatable bonds is 7. The van der Waals surface area contributed by atoms with Crippen LogP contribution in [0.1, 0.15) is 35.9 Å². The van der Waals surface area contributed by atoms with Crippen LogP contribution in [-0.4, -0.2) is 34.2 Å². The first-order valence-corrected chi connectivity index (χ1v) is 8.28. The highest BCUT2D eigenvalue weighted by Gasteiger charge is 2.13. The number of H-pyrrole nitrogens is 1. The van der Waals surface area contributed by atoms with E-state index < -0.39 is 5.97 Å². The van der Waals surface area contributed by atoms with Crippen molar-refractivity contribution in [3.05, 3.63) is 47.8 Å². The highest BCUT2D eigenvalue weighted by atomic mass is 32.2.